The van der Waals surface area contributed by atoms with Crippen LogP contribution >= 0.6 is 0 Å². The lowest BCUT2D eigenvalue weighted by Crippen LogP contribution is -2.57. The van der Waals surface area contributed by atoms with Gasteiger partial charge in [-0.2, -0.15) is 4.98 Å². The second-order valence-electron chi connectivity index (χ2n) is 12.6. The van der Waals surface area contributed by atoms with E-state index in [0.717, 1.165) is 21.9 Å². The van der Waals surface area contributed by atoms with Crippen molar-refractivity contribution in [2.75, 3.05) is 6.54 Å². The first-order chi connectivity index (χ1) is 22.6. The molecule has 1 fully saturated rings. The summed E-state index contributed by atoms with van der Waals surface area (Å²) < 4.78 is 10.8. The van der Waals surface area contributed by atoms with Crippen LogP contribution in [0, 0.1) is 11.8 Å². The van der Waals surface area contributed by atoms with Gasteiger partial charge in [-0.15, -0.1) is 0 Å². The number of benzene rings is 3. The zero-order valence-electron chi connectivity index (χ0n) is 27.1. The van der Waals surface area contributed by atoms with Gasteiger partial charge in [0.25, 0.3) is 0 Å². The van der Waals surface area contributed by atoms with Crippen molar-refractivity contribution in [2.24, 2.45) is 11.8 Å². The number of carbonyl (C=O) groups excluding carboxylic acids is 4. The molecule has 2 N–H and O–H groups in total. The summed E-state index contributed by atoms with van der Waals surface area (Å²) >= 11 is 0. The first-order valence-corrected chi connectivity index (χ1v) is 16.0. The van der Waals surface area contributed by atoms with Crippen LogP contribution in [0.15, 0.2) is 77.3 Å². The molecule has 1 aromatic heterocycles. The molecule has 3 atom stereocenters. The van der Waals surface area contributed by atoms with E-state index in [9.17, 15) is 19.2 Å². The first kappa shape index (κ1) is 33.3. The molecular weight excluding hydrogens is 598 g/mol. The van der Waals surface area contributed by atoms with Crippen molar-refractivity contribution in [1.82, 2.24) is 25.7 Å². The van der Waals surface area contributed by atoms with Crippen molar-refractivity contribution in [3.05, 3.63) is 95.6 Å². The highest BCUT2D eigenvalue weighted by molar-refractivity contribution is 6.00. The lowest BCUT2D eigenvalue weighted by atomic mass is 9.98. The summed E-state index contributed by atoms with van der Waals surface area (Å²) in [5, 5.41) is 11.7. The summed E-state index contributed by atoms with van der Waals surface area (Å²) in [5.74, 6) is -1.67. The zero-order valence-corrected chi connectivity index (χ0v) is 27.1. The summed E-state index contributed by atoms with van der Waals surface area (Å²) in [6.07, 6.45) is 0.675. The minimum absolute atomic E-state index is 0.0658. The molecule has 3 amide bonds. The summed E-state index contributed by atoms with van der Waals surface area (Å²) in [5.41, 5.74) is 1.78. The highest BCUT2D eigenvalue weighted by Crippen LogP contribution is 2.22. The van der Waals surface area contributed by atoms with Gasteiger partial charge in [-0.05, 0) is 46.6 Å². The molecule has 0 radical (unpaired) electrons. The van der Waals surface area contributed by atoms with Crippen LogP contribution in [0.5, 0.6) is 0 Å². The Bertz CT molecular complexity index is 1720. The fourth-order valence-corrected chi connectivity index (χ4v) is 5.76. The van der Waals surface area contributed by atoms with Gasteiger partial charge in [0.05, 0.1) is 12.5 Å². The second-order valence-corrected chi connectivity index (χ2v) is 12.6. The number of likely N-dealkylation sites (tertiary alicyclic amines) is 1. The zero-order chi connectivity index (χ0) is 33.5. The number of carbonyl (C=O) groups is 4. The summed E-state index contributed by atoms with van der Waals surface area (Å²) in [6, 6.07) is 20.7. The number of ketones is 1. The molecule has 5 rings (SSSR count). The first-order valence-electron chi connectivity index (χ1n) is 16.0. The lowest BCUT2D eigenvalue weighted by molar-refractivity contribution is -0.141. The minimum Gasteiger partial charge on any atom is -0.445 e. The molecule has 2 heterocycles. The van der Waals surface area contributed by atoms with E-state index in [0.29, 0.717) is 31.7 Å². The van der Waals surface area contributed by atoms with E-state index >= 15 is 0 Å². The maximum atomic E-state index is 13.7. The SMILES string of the molecule is CC(C)[C@H](NC(=O)[C@@H]1CCCN1C(=O)[C@@H](NC(=O)OCc1ccccc1)C(C)C)C(=O)c1noc(Cc2ccc3ccccc3c2)n1. The fourth-order valence-electron chi connectivity index (χ4n) is 5.76. The molecule has 1 saturated heterocycles. The normalized spacial score (nSPS) is 15.9. The average Bonchev–Trinajstić information content (AvgIpc) is 3.75. The van der Waals surface area contributed by atoms with Gasteiger partial charge in [-0.1, -0.05) is 106 Å². The molecule has 0 aliphatic carbocycles. The third-order valence-electron chi connectivity index (χ3n) is 8.36. The standard InChI is InChI=1S/C36H41N5O6/c1-22(2)30(32(42)33-37-29(47-40-33)20-25-16-17-26-13-8-9-14-27(26)19-25)38-34(43)28-15-10-18-41(28)35(44)31(23(3)4)39-36(45)46-21-24-11-6-5-7-12-24/h5-9,11-14,16-17,19,22-23,28,30-31H,10,15,18,20-21H2,1-4H3,(H,38,43)(H,39,45)/t28-,30-,31-/m0/s1. The number of amides is 3. The van der Waals surface area contributed by atoms with Crippen LogP contribution in [0.4, 0.5) is 4.79 Å². The Morgan fingerprint density at radius 2 is 1.57 bits per heavy atom. The van der Waals surface area contributed by atoms with Crippen molar-refractivity contribution in [1.29, 1.82) is 0 Å². The molecular formula is C36H41N5O6. The molecule has 0 spiro atoms. The highest BCUT2D eigenvalue weighted by atomic mass is 16.5. The van der Waals surface area contributed by atoms with Crippen LogP contribution in [0.3, 0.4) is 0 Å². The smallest absolute Gasteiger partial charge is 0.408 e. The Kier molecular flexibility index (Phi) is 10.6. The molecule has 11 heteroatoms. The third-order valence-corrected chi connectivity index (χ3v) is 8.36. The van der Waals surface area contributed by atoms with Gasteiger partial charge >= 0.3 is 6.09 Å². The molecule has 11 nitrogen and oxygen atoms in total. The van der Waals surface area contributed by atoms with Crippen LogP contribution in [-0.4, -0.2) is 63.4 Å². The number of nitrogens with one attached hydrogen (secondary N) is 2. The van der Waals surface area contributed by atoms with E-state index in [1.165, 1.54) is 4.90 Å². The molecule has 0 unspecified atom stereocenters. The number of fused-ring (bicyclic) bond motifs is 1. The lowest BCUT2D eigenvalue weighted by Gasteiger charge is -2.31. The van der Waals surface area contributed by atoms with Gasteiger partial charge in [0.2, 0.25) is 29.3 Å². The predicted octanol–water partition coefficient (Wildman–Crippen LogP) is 5.08. The van der Waals surface area contributed by atoms with Gasteiger partial charge < -0.3 is 24.8 Å². The van der Waals surface area contributed by atoms with Crippen LogP contribution in [-0.2, 0) is 27.4 Å². The summed E-state index contributed by atoms with van der Waals surface area (Å²) in [6.45, 7) is 7.68. The van der Waals surface area contributed by atoms with Gasteiger partial charge in [-0.25, -0.2) is 4.79 Å². The Hall–Kier alpha value is -5.06. The van der Waals surface area contributed by atoms with Crippen molar-refractivity contribution in [3.63, 3.8) is 0 Å². The number of aromatic nitrogens is 2. The molecule has 0 bridgehead atoms. The fraction of sp³-hybridized carbons (Fsp3) is 0.389. The van der Waals surface area contributed by atoms with E-state index in [1.54, 1.807) is 0 Å². The quantitative estimate of drug-likeness (QED) is 0.204. The number of hydrogen-bond donors (Lipinski definition) is 2. The maximum Gasteiger partial charge on any atom is 0.408 e. The topological polar surface area (TPSA) is 144 Å². The molecule has 4 aromatic rings. The summed E-state index contributed by atoms with van der Waals surface area (Å²) in [4.78, 5) is 59.3. The number of Topliss-reactive ketones (excluding diaryl/α,β-unsaturated/α-hetero) is 1. The van der Waals surface area contributed by atoms with Gasteiger partial charge in [-0.3, -0.25) is 14.4 Å². The van der Waals surface area contributed by atoms with Crippen molar-refractivity contribution in [3.8, 4) is 0 Å². The Labute approximate surface area is 274 Å². The highest BCUT2D eigenvalue weighted by Gasteiger charge is 2.40. The average molecular weight is 640 g/mol. The van der Waals surface area contributed by atoms with Crippen LogP contribution in [0.25, 0.3) is 10.8 Å². The van der Waals surface area contributed by atoms with Crippen LogP contribution in [0.1, 0.15) is 68.2 Å². The van der Waals surface area contributed by atoms with Crippen molar-refractivity contribution in [2.45, 2.75) is 71.7 Å². The number of alkyl carbamates (subject to hydrolysis) is 1. The third kappa shape index (κ3) is 8.21. The molecule has 3 aromatic carbocycles. The minimum atomic E-state index is -0.932. The van der Waals surface area contributed by atoms with E-state index in [4.69, 9.17) is 9.26 Å². The van der Waals surface area contributed by atoms with Gasteiger partial charge in [0.1, 0.15) is 18.7 Å². The van der Waals surface area contributed by atoms with E-state index in [2.05, 4.69) is 20.8 Å². The number of nitrogens with zero attached hydrogens (tertiary/aromatic N) is 3. The Morgan fingerprint density at radius 3 is 2.30 bits per heavy atom. The number of rotatable bonds is 12. The molecule has 47 heavy (non-hydrogen) atoms. The monoisotopic (exact) mass is 639 g/mol. The van der Waals surface area contributed by atoms with Crippen molar-refractivity contribution < 1.29 is 28.4 Å². The van der Waals surface area contributed by atoms with Gasteiger partial charge in [0, 0.05) is 6.54 Å². The van der Waals surface area contributed by atoms with E-state index in [-0.39, 0.29) is 30.2 Å². The molecule has 1 aliphatic heterocycles. The molecule has 0 saturated carbocycles. The van der Waals surface area contributed by atoms with E-state index < -0.39 is 35.9 Å². The number of ether oxygens (including phenoxy) is 1. The number of hydrogen-bond acceptors (Lipinski definition) is 8. The van der Waals surface area contributed by atoms with Crippen molar-refractivity contribution >= 4 is 34.5 Å². The molecule has 246 valence electrons. The largest absolute Gasteiger partial charge is 0.445 e. The van der Waals surface area contributed by atoms with Crippen LogP contribution < -0.4 is 10.6 Å². The van der Waals surface area contributed by atoms with E-state index in [1.807, 2.05) is 100 Å². The summed E-state index contributed by atoms with van der Waals surface area (Å²) in [7, 11) is 0. The maximum absolute atomic E-state index is 13.7. The Balaban J connectivity index is 1.21. The Morgan fingerprint density at radius 1 is 0.872 bits per heavy atom. The predicted molar refractivity (Wildman–Crippen MR) is 175 cm³/mol. The molecule has 1 aliphatic rings. The van der Waals surface area contributed by atoms with Gasteiger partial charge in [0.15, 0.2) is 0 Å². The second kappa shape index (κ2) is 15.0. The van der Waals surface area contributed by atoms with Crippen LogP contribution in [0.2, 0.25) is 0 Å².